The van der Waals surface area contributed by atoms with Crippen molar-refractivity contribution in [2.24, 2.45) is 29.6 Å². The highest BCUT2D eigenvalue weighted by Gasteiger charge is 2.70. The molecule has 47 heavy (non-hydrogen) atoms. The number of allylic oxidation sites excluding steroid dienone is 4. The van der Waals surface area contributed by atoms with E-state index in [0.717, 1.165) is 19.6 Å². The minimum Gasteiger partial charge on any atom is -0.469 e. The highest BCUT2D eigenvalue weighted by Crippen LogP contribution is 2.65. The Morgan fingerprint density at radius 3 is 2.94 bits per heavy atom. The molecule has 2 aliphatic carbocycles. The van der Waals surface area contributed by atoms with Crippen LogP contribution < -0.4 is 14.8 Å². The number of carbonyl (C=O) groups excluding carboxylic acids is 1. The first-order valence-corrected chi connectivity index (χ1v) is 18.2. The van der Waals surface area contributed by atoms with Crippen LogP contribution in [0.1, 0.15) is 55.8 Å². The number of rotatable bonds is 4. The molecule has 1 aromatic heterocycles. The summed E-state index contributed by atoms with van der Waals surface area (Å²) in [4.78, 5) is 19.8. The number of pyridine rings is 1. The van der Waals surface area contributed by atoms with Gasteiger partial charge in [-0.3, -0.25) is 9.69 Å². The Balaban J connectivity index is 1.09. The van der Waals surface area contributed by atoms with Gasteiger partial charge in [0.1, 0.15) is 17.8 Å². The summed E-state index contributed by atoms with van der Waals surface area (Å²) in [6, 6.07) is 12.7. The first-order chi connectivity index (χ1) is 23.1. The van der Waals surface area contributed by atoms with Gasteiger partial charge in [0.05, 0.1) is 19.8 Å². The van der Waals surface area contributed by atoms with Gasteiger partial charge in [0, 0.05) is 60.0 Å². The third kappa shape index (κ3) is 3.65. The van der Waals surface area contributed by atoms with Crippen LogP contribution in [-0.2, 0) is 32.6 Å². The highest BCUT2D eigenvalue weighted by atomic mass is 16.5. The summed E-state index contributed by atoms with van der Waals surface area (Å²) in [6.07, 6.45) is 17.5. The molecule has 7 nitrogen and oxygen atoms in total. The number of hydrogen-bond donors (Lipinski definition) is 1. The topological polar surface area (TPSA) is 57.9 Å². The number of esters is 1. The molecule has 8 aliphatic rings. The minimum absolute atomic E-state index is 0.0220. The van der Waals surface area contributed by atoms with Crippen LogP contribution in [0.2, 0.25) is 0 Å². The number of benzene rings is 1. The van der Waals surface area contributed by atoms with E-state index in [1.165, 1.54) is 66.1 Å². The zero-order chi connectivity index (χ0) is 31.6. The van der Waals surface area contributed by atoms with Gasteiger partial charge in [-0.05, 0) is 60.9 Å². The van der Waals surface area contributed by atoms with Crippen molar-refractivity contribution in [2.75, 3.05) is 37.0 Å². The number of anilines is 2. The van der Waals surface area contributed by atoms with E-state index in [1.54, 1.807) is 7.11 Å². The summed E-state index contributed by atoms with van der Waals surface area (Å²) in [6.45, 7) is 8.42. The number of aromatic nitrogens is 1. The van der Waals surface area contributed by atoms with Crippen molar-refractivity contribution in [3.8, 4) is 0 Å². The molecule has 6 aliphatic heterocycles. The van der Waals surface area contributed by atoms with Crippen LogP contribution in [0, 0.1) is 29.6 Å². The smallest absolute Gasteiger partial charge is 0.313 e. The van der Waals surface area contributed by atoms with Crippen LogP contribution in [0.3, 0.4) is 0 Å². The molecule has 10 rings (SSSR count). The Morgan fingerprint density at radius 2 is 2.09 bits per heavy atom. The van der Waals surface area contributed by atoms with Gasteiger partial charge in [-0.2, -0.15) is 4.57 Å². The Kier molecular flexibility index (Phi) is 6.26. The van der Waals surface area contributed by atoms with Crippen LogP contribution in [0.4, 0.5) is 11.4 Å². The molecule has 3 saturated heterocycles. The normalized spacial score (nSPS) is 39.9. The van der Waals surface area contributed by atoms with E-state index in [1.807, 2.05) is 0 Å². The second-order valence-corrected chi connectivity index (χ2v) is 15.5. The fraction of sp³-hybridized carbons (Fsp3) is 0.550. The molecule has 4 unspecified atom stereocenters. The molecule has 2 aromatic rings. The number of ether oxygens (including phenoxy) is 2. The summed E-state index contributed by atoms with van der Waals surface area (Å²) >= 11 is 0. The third-order valence-electron chi connectivity index (χ3n) is 14.1. The van der Waals surface area contributed by atoms with Gasteiger partial charge in [0.25, 0.3) is 0 Å². The minimum atomic E-state index is -0.440. The number of fused-ring (bicyclic) bond motifs is 9. The Hall–Kier alpha value is -3.42. The largest absolute Gasteiger partial charge is 0.469 e. The van der Waals surface area contributed by atoms with Crippen LogP contribution in [-0.4, -0.2) is 62.0 Å². The Bertz CT molecular complexity index is 1750. The Labute approximate surface area is 278 Å². The number of methoxy groups -OCH3 is 1. The summed E-state index contributed by atoms with van der Waals surface area (Å²) in [5.41, 5.74) is 8.07. The average molecular weight is 632 g/mol. The van der Waals surface area contributed by atoms with Crippen molar-refractivity contribution in [3.63, 3.8) is 0 Å². The van der Waals surface area contributed by atoms with Gasteiger partial charge < -0.3 is 19.7 Å². The maximum atomic E-state index is 14.3. The molecular formula is C40H47N4O3+. The molecule has 2 bridgehead atoms. The molecule has 244 valence electrons. The predicted octanol–water partition coefficient (Wildman–Crippen LogP) is 5.12. The van der Waals surface area contributed by atoms with Crippen molar-refractivity contribution in [3.05, 3.63) is 89.3 Å². The van der Waals surface area contributed by atoms with Gasteiger partial charge >= 0.3 is 5.97 Å². The van der Waals surface area contributed by atoms with Gasteiger partial charge in [0.2, 0.25) is 5.69 Å². The van der Waals surface area contributed by atoms with E-state index >= 15 is 0 Å². The summed E-state index contributed by atoms with van der Waals surface area (Å²) in [5.74, 6) is 1.57. The molecule has 7 heteroatoms. The lowest BCUT2D eigenvalue weighted by molar-refractivity contribution is -0.701. The monoisotopic (exact) mass is 631 g/mol. The van der Waals surface area contributed by atoms with Gasteiger partial charge in [-0.15, -0.1) is 0 Å². The van der Waals surface area contributed by atoms with E-state index in [0.29, 0.717) is 35.8 Å². The lowest BCUT2D eigenvalue weighted by atomic mass is 9.54. The van der Waals surface area contributed by atoms with E-state index < -0.39 is 5.92 Å². The van der Waals surface area contributed by atoms with Crippen molar-refractivity contribution in [1.29, 1.82) is 0 Å². The lowest BCUT2D eigenvalue weighted by Gasteiger charge is -2.61. The highest BCUT2D eigenvalue weighted by molar-refractivity contribution is 5.77. The lowest BCUT2D eigenvalue weighted by Crippen LogP contribution is -2.71. The molecule has 1 aromatic carbocycles. The van der Waals surface area contributed by atoms with Crippen LogP contribution >= 0.6 is 0 Å². The third-order valence-corrected chi connectivity index (χ3v) is 14.1. The SMILES string of the molecule is C/C=C1/C[n+]2ccc3c(c2C[C@@H]1[C@@H](C(=O)OC)[C@@H]1OC[C@H]2C4CC5N(CC[C@@]56c5ccccc5N1[C@@H]26)C[C@H]4CC)NC1C=CC=CC31. The number of nitrogens with one attached hydrogen (secondary N) is 1. The van der Waals surface area contributed by atoms with Gasteiger partial charge in [-0.25, -0.2) is 0 Å². The second kappa shape index (κ2) is 10.3. The van der Waals surface area contributed by atoms with Gasteiger partial charge in [-0.1, -0.05) is 61.9 Å². The van der Waals surface area contributed by atoms with Crippen LogP contribution in [0.5, 0.6) is 0 Å². The van der Waals surface area contributed by atoms with Gasteiger partial charge in [0.15, 0.2) is 12.7 Å². The molecular weight excluding hydrogens is 584 g/mol. The van der Waals surface area contributed by atoms with Crippen molar-refractivity contribution < 1.29 is 18.8 Å². The Morgan fingerprint density at radius 1 is 1.21 bits per heavy atom. The second-order valence-electron chi connectivity index (χ2n) is 15.5. The zero-order valence-electron chi connectivity index (χ0n) is 27.8. The maximum Gasteiger partial charge on any atom is 0.313 e. The number of piperidine rings is 1. The number of hydrogen-bond acceptors (Lipinski definition) is 6. The van der Waals surface area contributed by atoms with Crippen molar-refractivity contribution in [1.82, 2.24) is 4.90 Å². The standard InChI is InChI=1S/C40H47N4O3/c1-4-23-21-43-17-15-40-30-11-7-9-13-32(30)44-37(40)29(27(23)19-34(40)43)22-47-38(44)35(39(45)46-3)28-18-33-36-26(14-16-42(33)20-24(28)5-2)25-10-6-8-12-31(25)41-36/h5-14,16,23,25,27-29,31,34-35,37-38,41H,4,15,17-22H2,1-3H3/q+1/b24-5-/t23-,25?,27?,28+,29+,31?,34?,35-,37+,38+,40-/m1/s1. The fourth-order valence-corrected chi connectivity index (χ4v) is 12.2. The summed E-state index contributed by atoms with van der Waals surface area (Å²) in [7, 11) is 1.57. The van der Waals surface area contributed by atoms with E-state index in [2.05, 4.69) is 100 Å². The quantitative estimate of drug-likeness (QED) is 0.288. The molecule has 7 heterocycles. The number of nitrogens with zero attached hydrogens (tertiary/aromatic N) is 3. The van der Waals surface area contributed by atoms with Crippen LogP contribution in [0.25, 0.3) is 0 Å². The predicted molar refractivity (Wildman–Crippen MR) is 181 cm³/mol. The van der Waals surface area contributed by atoms with E-state index in [4.69, 9.17) is 9.47 Å². The first-order valence-electron chi connectivity index (χ1n) is 18.2. The summed E-state index contributed by atoms with van der Waals surface area (Å²) < 4.78 is 15.3. The molecule has 1 spiro atoms. The van der Waals surface area contributed by atoms with Crippen molar-refractivity contribution in [2.45, 2.75) is 81.8 Å². The first kappa shape index (κ1) is 28.6. The van der Waals surface area contributed by atoms with Crippen molar-refractivity contribution >= 4 is 17.3 Å². The maximum absolute atomic E-state index is 14.3. The molecule has 4 fully saturated rings. The molecule has 0 radical (unpaired) electrons. The molecule has 0 amide bonds. The molecule has 1 N–H and O–H groups in total. The van der Waals surface area contributed by atoms with Crippen LogP contribution in [0.15, 0.2) is 72.5 Å². The molecule has 11 atom stereocenters. The van der Waals surface area contributed by atoms with E-state index in [9.17, 15) is 4.79 Å². The fourth-order valence-electron chi connectivity index (χ4n) is 12.2. The number of para-hydroxylation sites is 1. The average Bonchev–Trinajstić information content (AvgIpc) is 3.80. The number of carbonyl (C=O) groups is 1. The molecule has 1 saturated carbocycles. The zero-order valence-corrected chi connectivity index (χ0v) is 27.8. The summed E-state index contributed by atoms with van der Waals surface area (Å²) in [5, 5.41) is 3.87. The van der Waals surface area contributed by atoms with E-state index in [-0.39, 0.29) is 29.6 Å².